The van der Waals surface area contributed by atoms with E-state index in [1.807, 2.05) is 0 Å². The second-order valence-corrected chi connectivity index (χ2v) is 6.66. The number of rotatable bonds is 7. The van der Waals surface area contributed by atoms with Gasteiger partial charge in [-0.3, -0.25) is 9.59 Å². The van der Waals surface area contributed by atoms with Gasteiger partial charge in [-0.25, -0.2) is 4.39 Å². The number of hydrogen-bond acceptors (Lipinski definition) is 5. The monoisotopic (exact) mass is 431 g/mol. The third-order valence-corrected chi connectivity index (χ3v) is 4.49. The molecule has 0 spiro atoms. The molecule has 3 aromatic rings. The van der Waals surface area contributed by atoms with E-state index in [9.17, 15) is 14.0 Å². The Labute approximate surface area is 177 Å². The predicted octanol–water partition coefficient (Wildman–Crippen LogP) is 3.83. The minimum atomic E-state index is -0.863. The molecule has 30 heavy (non-hydrogen) atoms. The number of carbonyl (C=O) groups excluding carboxylic acids is 1. The zero-order valence-electron chi connectivity index (χ0n) is 16.3. The van der Waals surface area contributed by atoms with Crippen LogP contribution in [-0.4, -0.2) is 28.9 Å². The number of amides is 1. The summed E-state index contributed by atoms with van der Waals surface area (Å²) in [6, 6.07) is 12.8. The Hall–Kier alpha value is -3.39. The Bertz CT molecular complexity index is 1100. The van der Waals surface area contributed by atoms with Crippen LogP contribution in [0.2, 0.25) is 5.02 Å². The highest BCUT2D eigenvalue weighted by Gasteiger charge is 2.20. The molecule has 0 aliphatic rings. The largest absolute Gasteiger partial charge is 0.495 e. The van der Waals surface area contributed by atoms with Crippen LogP contribution in [-0.2, 0) is 4.79 Å². The maximum absolute atomic E-state index is 13.1. The lowest BCUT2D eigenvalue weighted by atomic mass is 10.2. The summed E-state index contributed by atoms with van der Waals surface area (Å²) in [5.74, 6) is -0.264. The van der Waals surface area contributed by atoms with Crippen LogP contribution in [0.25, 0.3) is 5.69 Å². The Kier molecular flexibility index (Phi) is 6.68. The van der Waals surface area contributed by atoms with Gasteiger partial charge < -0.3 is 14.8 Å². The fraction of sp³-hybridized carbons (Fsp3) is 0.190. The summed E-state index contributed by atoms with van der Waals surface area (Å²) in [7, 11) is 1.50. The van der Waals surface area contributed by atoms with Gasteiger partial charge in [0.05, 0.1) is 17.8 Å². The van der Waals surface area contributed by atoms with E-state index in [1.54, 1.807) is 25.1 Å². The minimum Gasteiger partial charge on any atom is -0.495 e. The van der Waals surface area contributed by atoms with Crippen LogP contribution in [0.5, 0.6) is 11.6 Å². The van der Waals surface area contributed by atoms with Gasteiger partial charge in [-0.1, -0.05) is 18.5 Å². The SMILES string of the molecule is CC[C@H](Oc1ccc(=O)n(-c2ccc(F)cc2)n1)C(=O)Nc1ccc(OC)c(Cl)c1. The maximum Gasteiger partial charge on any atom is 0.271 e. The van der Waals surface area contributed by atoms with Gasteiger partial charge in [-0.05, 0) is 48.9 Å². The predicted molar refractivity (Wildman–Crippen MR) is 111 cm³/mol. The molecule has 0 saturated heterocycles. The van der Waals surface area contributed by atoms with E-state index in [2.05, 4.69) is 10.4 Å². The molecule has 2 aromatic carbocycles. The van der Waals surface area contributed by atoms with Crippen molar-refractivity contribution in [2.75, 3.05) is 12.4 Å². The van der Waals surface area contributed by atoms with E-state index in [-0.39, 0.29) is 5.88 Å². The van der Waals surface area contributed by atoms with Gasteiger partial charge >= 0.3 is 0 Å². The molecule has 7 nitrogen and oxygen atoms in total. The van der Waals surface area contributed by atoms with Gasteiger partial charge in [0.25, 0.3) is 11.5 Å². The van der Waals surface area contributed by atoms with Crippen molar-refractivity contribution in [1.29, 1.82) is 0 Å². The number of methoxy groups -OCH3 is 1. The van der Waals surface area contributed by atoms with E-state index in [0.29, 0.717) is 28.6 Å². The summed E-state index contributed by atoms with van der Waals surface area (Å²) in [5, 5.41) is 7.21. The lowest BCUT2D eigenvalue weighted by Crippen LogP contribution is -2.33. The van der Waals surface area contributed by atoms with Crippen molar-refractivity contribution in [2.45, 2.75) is 19.4 Å². The Morgan fingerprint density at radius 3 is 2.57 bits per heavy atom. The molecule has 0 saturated carbocycles. The molecular formula is C21H19ClFN3O4. The number of ether oxygens (including phenoxy) is 2. The average molecular weight is 432 g/mol. The first-order chi connectivity index (χ1) is 14.4. The smallest absolute Gasteiger partial charge is 0.271 e. The first-order valence-corrected chi connectivity index (χ1v) is 9.46. The number of nitrogens with zero attached hydrogens (tertiary/aromatic N) is 2. The third-order valence-electron chi connectivity index (χ3n) is 4.19. The number of hydrogen-bond donors (Lipinski definition) is 1. The summed E-state index contributed by atoms with van der Waals surface area (Å²) < 4.78 is 25.0. The van der Waals surface area contributed by atoms with Crippen molar-refractivity contribution >= 4 is 23.2 Å². The second-order valence-electron chi connectivity index (χ2n) is 6.25. The first-order valence-electron chi connectivity index (χ1n) is 9.08. The van der Waals surface area contributed by atoms with Crippen LogP contribution in [0.3, 0.4) is 0 Å². The molecule has 9 heteroatoms. The van der Waals surface area contributed by atoms with Crippen molar-refractivity contribution in [1.82, 2.24) is 9.78 Å². The van der Waals surface area contributed by atoms with E-state index in [0.717, 1.165) is 4.68 Å². The van der Waals surface area contributed by atoms with E-state index < -0.39 is 23.4 Å². The molecule has 1 aromatic heterocycles. The number of aromatic nitrogens is 2. The summed E-state index contributed by atoms with van der Waals surface area (Å²) >= 11 is 6.08. The molecule has 1 amide bonds. The molecule has 1 N–H and O–H groups in total. The maximum atomic E-state index is 13.1. The highest BCUT2D eigenvalue weighted by molar-refractivity contribution is 6.32. The number of halogens is 2. The zero-order chi connectivity index (χ0) is 21.7. The number of nitrogens with one attached hydrogen (secondary N) is 1. The van der Waals surface area contributed by atoms with Gasteiger partial charge in [0, 0.05) is 17.8 Å². The molecule has 1 heterocycles. The average Bonchev–Trinajstić information content (AvgIpc) is 2.74. The van der Waals surface area contributed by atoms with Crippen LogP contribution in [0.1, 0.15) is 13.3 Å². The highest BCUT2D eigenvalue weighted by atomic mass is 35.5. The quantitative estimate of drug-likeness (QED) is 0.614. The minimum absolute atomic E-state index is 0.0775. The molecule has 0 unspecified atom stereocenters. The molecule has 156 valence electrons. The van der Waals surface area contributed by atoms with Crippen LogP contribution < -0.4 is 20.3 Å². The summed E-state index contributed by atoms with van der Waals surface area (Å²) in [6.07, 6.45) is -0.509. The second kappa shape index (κ2) is 9.41. The molecule has 0 bridgehead atoms. The Morgan fingerprint density at radius 1 is 1.20 bits per heavy atom. The fourth-order valence-corrected chi connectivity index (χ4v) is 2.92. The number of benzene rings is 2. The van der Waals surface area contributed by atoms with Crippen molar-refractivity contribution in [3.05, 3.63) is 75.8 Å². The van der Waals surface area contributed by atoms with Crippen molar-refractivity contribution < 1.29 is 18.7 Å². The highest BCUT2D eigenvalue weighted by Crippen LogP contribution is 2.27. The lowest BCUT2D eigenvalue weighted by Gasteiger charge is -2.17. The van der Waals surface area contributed by atoms with Crippen molar-refractivity contribution in [3.8, 4) is 17.3 Å². The summed E-state index contributed by atoms with van der Waals surface area (Å²) in [6.45, 7) is 1.78. The lowest BCUT2D eigenvalue weighted by molar-refractivity contribution is -0.123. The molecule has 0 aliphatic heterocycles. The summed E-state index contributed by atoms with van der Waals surface area (Å²) in [5.41, 5.74) is 0.439. The van der Waals surface area contributed by atoms with Gasteiger partial charge in [0.2, 0.25) is 5.88 Å². The van der Waals surface area contributed by atoms with Gasteiger partial charge in [-0.2, -0.15) is 4.68 Å². The van der Waals surface area contributed by atoms with Crippen LogP contribution in [0.4, 0.5) is 10.1 Å². The zero-order valence-corrected chi connectivity index (χ0v) is 17.0. The van der Waals surface area contributed by atoms with E-state index >= 15 is 0 Å². The summed E-state index contributed by atoms with van der Waals surface area (Å²) in [4.78, 5) is 24.7. The topological polar surface area (TPSA) is 82.5 Å². The molecular weight excluding hydrogens is 413 g/mol. The van der Waals surface area contributed by atoms with Crippen molar-refractivity contribution in [3.63, 3.8) is 0 Å². The molecule has 3 rings (SSSR count). The van der Waals surface area contributed by atoms with Gasteiger partial charge in [-0.15, -0.1) is 5.10 Å². The third kappa shape index (κ3) is 4.96. The Morgan fingerprint density at radius 2 is 1.93 bits per heavy atom. The van der Waals surface area contributed by atoms with E-state index in [4.69, 9.17) is 21.1 Å². The fourth-order valence-electron chi connectivity index (χ4n) is 2.66. The van der Waals surface area contributed by atoms with Crippen LogP contribution >= 0.6 is 11.6 Å². The standard InChI is InChI=1S/C21H19ClFN3O4/c1-3-17(21(28)24-14-6-9-18(29-2)16(22)12-14)30-19-10-11-20(27)26(25-19)15-7-4-13(23)5-8-15/h4-12,17H,3H2,1-2H3,(H,24,28)/t17-/m0/s1. The van der Waals surface area contributed by atoms with Gasteiger partial charge in [0.15, 0.2) is 6.10 Å². The molecule has 1 atom stereocenters. The van der Waals surface area contributed by atoms with Gasteiger partial charge in [0.1, 0.15) is 11.6 Å². The molecule has 0 radical (unpaired) electrons. The van der Waals surface area contributed by atoms with Crippen molar-refractivity contribution in [2.24, 2.45) is 0 Å². The van der Waals surface area contributed by atoms with Crippen LogP contribution in [0, 0.1) is 5.82 Å². The number of anilines is 1. The van der Waals surface area contributed by atoms with Crippen LogP contribution in [0.15, 0.2) is 59.4 Å². The first kappa shape index (κ1) is 21.3. The normalized spacial score (nSPS) is 11.6. The molecule has 0 fully saturated rings. The molecule has 0 aliphatic carbocycles. The Balaban J connectivity index is 1.77. The van der Waals surface area contributed by atoms with E-state index in [1.165, 1.54) is 43.5 Å². The number of carbonyl (C=O) groups is 1.